The summed E-state index contributed by atoms with van der Waals surface area (Å²) >= 11 is 0. The first-order valence-electron chi connectivity index (χ1n) is 5.95. The highest BCUT2D eigenvalue weighted by atomic mass is 16.6. The third-order valence-corrected chi connectivity index (χ3v) is 3.35. The van der Waals surface area contributed by atoms with E-state index in [-0.39, 0.29) is 22.3 Å². The molecule has 1 aliphatic carbocycles. The van der Waals surface area contributed by atoms with Gasteiger partial charge in [-0.3, -0.25) is 14.9 Å². The van der Waals surface area contributed by atoms with Crippen molar-refractivity contribution in [3.05, 3.63) is 39.4 Å². The van der Waals surface area contributed by atoms with Crippen molar-refractivity contribution in [2.24, 2.45) is 0 Å². The maximum atomic E-state index is 11.8. The summed E-state index contributed by atoms with van der Waals surface area (Å²) in [5, 5.41) is 11.0. The van der Waals surface area contributed by atoms with Crippen LogP contribution >= 0.6 is 0 Å². The van der Waals surface area contributed by atoms with Crippen LogP contribution in [0.3, 0.4) is 0 Å². The lowest BCUT2D eigenvalue weighted by molar-refractivity contribution is -0.385. The Hall–Kier alpha value is -1.71. The van der Waals surface area contributed by atoms with Crippen molar-refractivity contribution < 1.29 is 9.72 Å². The largest absolute Gasteiger partial charge is 0.294 e. The summed E-state index contributed by atoms with van der Waals surface area (Å²) in [7, 11) is 0. The molecule has 1 aromatic rings. The molecule has 0 saturated heterocycles. The second-order valence-corrected chi connectivity index (χ2v) is 4.44. The maximum Gasteiger partial charge on any atom is 0.273 e. The lowest BCUT2D eigenvalue weighted by atomic mass is 9.79. The Labute approximate surface area is 99.8 Å². The standard InChI is InChI=1S/C13H15NO3/c1-2-4-9-7-8-12(15)10-5-3-6-11(13(9)10)14(16)17/h3,5-6,9H,2,4,7-8H2,1H3. The van der Waals surface area contributed by atoms with Crippen LogP contribution in [0.2, 0.25) is 0 Å². The van der Waals surface area contributed by atoms with Crippen LogP contribution in [0.1, 0.15) is 54.4 Å². The zero-order valence-electron chi connectivity index (χ0n) is 9.81. The Balaban J connectivity index is 2.56. The lowest BCUT2D eigenvalue weighted by Crippen LogP contribution is -2.17. The molecule has 1 aromatic carbocycles. The van der Waals surface area contributed by atoms with Crippen molar-refractivity contribution in [2.45, 2.75) is 38.5 Å². The van der Waals surface area contributed by atoms with Gasteiger partial charge in [-0.15, -0.1) is 0 Å². The summed E-state index contributed by atoms with van der Waals surface area (Å²) in [6.45, 7) is 2.06. The van der Waals surface area contributed by atoms with E-state index in [4.69, 9.17) is 0 Å². The number of nitrogens with zero attached hydrogens (tertiary/aromatic N) is 1. The van der Waals surface area contributed by atoms with Gasteiger partial charge < -0.3 is 0 Å². The molecule has 2 rings (SSSR count). The molecule has 90 valence electrons. The second kappa shape index (κ2) is 4.65. The predicted molar refractivity (Wildman–Crippen MR) is 64.3 cm³/mol. The zero-order valence-corrected chi connectivity index (χ0v) is 9.81. The minimum absolute atomic E-state index is 0.0380. The van der Waals surface area contributed by atoms with Crippen LogP contribution in [0.4, 0.5) is 5.69 Å². The van der Waals surface area contributed by atoms with Crippen LogP contribution in [0.25, 0.3) is 0 Å². The van der Waals surface area contributed by atoms with Gasteiger partial charge in [-0.1, -0.05) is 25.5 Å². The summed E-state index contributed by atoms with van der Waals surface area (Å²) in [5.74, 6) is 0.199. The number of ketones is 1. The van der Waals surface area contributed by atoms with Gasteiger partial charge in [-0.25, -0.2) is 0 Å². The van der Waals surface area contributed by atoms with Gasteiger partial charge in [0.15, 0.2) is 5.78 Å². The minimum atomic E-state index is -0.375. The van der Waals surface area contributed by atoms with Crippen LogP contribution in [-0.2, 0) is 0 Å². The molecule has 4 heteroatoms. The second-order valence-electron chi connectivity index (χ2n) is 4.44. The molecule has 0 heterocycles. The Morgan fingerprint density at radius 2 is 2.24 bits per heavy atom. The average molecular weight is 233 g/mol. The number of carbonyl (C=O) groups is 1. The van der Waals surface area contributed by atoms with Crippen LogP contribution in [0, 0.1) is 10.1 Å². The molecule has 1 atom stereocenters. The molecule has 0 saturated carbocycles. The number of Topliss-reactive ketones (excluding diaryl/α,β-unsaturated/α-hetero) is 1. The summed E-state index contributed by atoms with van der Waals surface area (Å²) in [6, 6.07) is 4.82. The van der Waals surface area contributed by atoms with Crippen molar-refractivity contribution in [1.82, 2.24) is 0 Å². The number of nitro benzene ring substituents is 1. The molecule has 0 fully saturated rings. The van der Waals surface area contributed by atoms with Gasteiger partial charge in [0.25, 0.3) is 5.69 Å². The zero-order chi connectivity index (χ0) is 12.4. The van der Waals surface area contributed by atoms with Crippen molar-refractivity contribution >= 4 is 11.5 Å². The number of rotatable bonds is 3. The highest BCUT2D eigenvalue weighted by Gasteiger charge is 2.31. The summed E-state index contributed by atoms with van der Waals surface area (Å²) in [6.07, 6.45) is 3.14. The molecule has 1 aliphatic rings. The molecule has 0 amide bonds. The predicted octanol–water partition coefficient (Wildman–Crippen LogP) is 3.46. The quantitative estimate of drug-likeness (QED) is 0.593. The molecule has 0 aromatic heterocycles. The molecule has 4 nitrogen and oxygen atoms in total. The Kier molecular flexibility index (Phi) is 3.22. The van der Waals surface area contributed by atoms with Crippen LogP contribution < -0.4 is 0 Å². The van der Waals surface area contributed by atoms with E-state index in [2.05, 4.69) is 6.92 Å². The van der Waals surface area contributed by atoms with E-state index < -0.39 is 0 Å². The third kappa shape index (κ3) is 2.07. The van der Waals surface area contributed by atoms with Gasteiger partial charge in [0, 0.05) is 23.6 Å². The molecule has 0 spiro atoms. The summed E-state index contributed by atoms with van der Waals surface area (Å²) in [4.78, 5) is 22.4. The third-order valence-electron chi connectivity index (χ3n) is 3.35. The first-order chi connectivity index (χ1) is 8.15. The Morgan fingerprint density at radius 1 is 1.47 bits per heavy atom. The Morgan fingerprint density at radius 3 is 2.88 bits per heavy atom. The fourth-order valence-corrected chi connectivity index (χ4v) is 2.61. The highest BCUT2D eigenvalue weighted by Crippen LogP contribution is 2.39. The molecule has 0 radical (unpaired) electrons. The summed E-state index contributed by atoms with van der Waals surface area (Å²) < 4.78 is 0. The van der Waals surface area contributed by atoms with E-state index in [1.807, 2.05) is 0 Å². The van der Waals surface area contributed by atoms with E-state index in [0.717, 1.165) is 19.3 Å². The van der Waals surface area contributed by atoms with Crippen LogP contribution in [0.15, 0.2) is 18.2 Å². The van der Waals surface area contributed by atoms with Gasteiger partial charge in [-0.05, 0) is 18.8 Å². The first-order valence-corrected chi connectivity index (χ1v) is 5.95. The molecule has 1 unspecified atom stereocenters. The van der Waals surface area contributed by atoms with Gasteiger partial charge in [-0.2, -0.15) is 0 Å². The van der Waals surface area contributed by atoms with E-state index in [9.17, 15) is 14.9 Å². The van der Waals surface area contributed by atoms with E-state index >= 15 is 0 Å². The van der Waals surface area contributed by atoms with Gasteiger partial charge in [0.1, 0.15) is 0 Å². The maximum absolute atomic E-state index is 11.8. The van der Waals surface area contributed by atoms with Crippen molar-refractivity contribution in [3.8, 4) is 0 Å². The van der Waals surface area contributed by atoms with E-state index in [1.54, 1.807) is 12.1 Å². The smallest absolute Gasteiger partial charge is 0.273 e. The van der Waals surface area contributed by atoms with E-state index in [1.165, 1.54) is 6.07 Å². The number of nitro groups is 1. The van der Waals surface area contributed by atoms with Gasteiger partial charge in [0.05, 0.1) is 4.92 Å². The van der Waals surface area contributed by atoms with Crippen molar-refractivity contribution in [1.29, 1.82) is 0 Å². The molecule has 0 N–H and O–H groups in total. The first kappa shape index (κ1) is 11.8. The lowest BCUT2D eigenvalue weighted by Gasteiger charge is -2.23. The molecule has 17 heavy (non-hydrogen) atoms. The molecule has 0 aliphatic heterocycles. The molecule has 0 bridgehead atoms. The number of carbonyl (C=O) groups excluding carboxylic acids is 1. The topological polar surface area (TPSA) is 60.2 Å². The molecular formula is C13H15NO3. The average Bonchev–Trinajstić information content (AvgIpc) is 2.32. The number of fused-ring (bicyclic) bond motifs is 1. The van der Waals surface area contributed by atoms with Crippen molar-refractivity contribution in [3.63, 3.8) is 0 Å². The SMILES string of the molecule is CCCC1CCC(=O)c2cccc([N+](=O)[O-])c21. The molecular weight excluding hydrogens is 218 g/mol. The monoisotopic (exact) mass is 233 g/mol. The highest BCUT2D eigenvalue weighted by molar-refractivity contribution is 5.99. The number of benzene rings is 1. The van der Waals surface area contributed by atoms with Crippen molar-refractivity contribution in [2.75, 3.05) is 0 Å². The van der Waals surface area contributed by atoms with Crippen LogP contribution in [0.5, 0.6) is 0 Å². The van der Waals surface area contributed by atoms with Gasteiger partial charge >= 0.3 is 0 Å². The normalized spacial score (nSPS) is 18.9. The van der Waals surface area contributed by atoms with E-state index in [0.29, 0.717) is 17.5 Å². The van der Waals surface area contributed by atoms with Crippen LogP contribution in [-0.4, -0.2) is 10.7 Å². The fourth-order valence-electron chi connectivity index (χ4n) is 2.61. The Bertz CT molecular complexity index is 453. The fraction of sp³-hybridized carbons (Fsp3) is 0.462. The van der Waals surface area contributed by atoms with Gasteiger partial charge in [0.2, 0.25) is 0 Å². The number of hydrogen-bond acceptors (Lipinski definition) is 3. The number of hydrogen-bond donors (Lipinski definition) is 0. The minimum Gasteiger partial charge on any atom is -0.294 e. The summed E-state index contributed by atoms with van der Waals surface area (Å²) in [5.41, 5.74) is 1.33.